The molecule has 1 aromatic rings. The molecular weight excluding hydrogens is 224 g/mol. The lowest BCUT2D eigenvalue weighted by Crippen LogP contribution is -2.20. The first-order valence-corrected chi connectivity index (χ1v) is 6.65. The molecule has 0 saturated heterocycles. The van der Waals surface area contributed by atoms with Crippen LogP contribution in [0.3, 0.4) is 0 Å². The predicted octanol–water partition coefficient (Wildman–Crippen LogP) is 2.53. The highest BCUT2D eigenvalue weighted by Gasteiger charge is 2.05. The minimum absolute atomic E-state index is 0.294. The number of benzene rings is 1. The zero-order valence-electron chi connectivity index (χ0n) is 12.0. The number of methoxy groups -OCH3 is 1. The molecule has 3 nitrogen and oxygen atoms in total. The summed E-state index contributed by atoms with van der Waals surface area (Å²) in [5, 5.41) is 3.44. The van der Waals surface area contributed by atoms with Gasteiger partial charge in [-0.2, -0.15) is 0 Å². The maximum Gasteiger partial charge on any atom is 0.123 e. The summed E-state index contributed by atoms with van der Waals surface area (Å²) in [6.07, 6.45) is 2.18. The van der Waals surface area contributed by atoms with Crippen LogP contribution in [0.5, 0.6) is 5.75 Å². The second kappa shape index (κ2) is 7.39. The summed E-state index contributed by atoms with van der Waals surface area (Å²) in [4.78, 5) is 0. The van der Waals surface area contributed by atoms with Crippen LogP contribution in [0.15, 0.2) is 12.1 Å². The van der Waals surface area contributed by atoms with Gasteiger partial charge >= 0.3 is 0 Å². The fraction of sp³-hybridized carbons (Fsp3) is 0.600. The van der Waals surface area contributed by atoms with E-state index in [-0.39, 0.29) is 0 Å². The van der Waals surface area contributed by atoms with Crippen molar-refractivity contribution < 1.29 is 4.74 Å². The standard InChI is InChI=1S/C15H26N2O/c1-11-8-14(15(18-4)9-12(11)2)10-17-7-5-6-13(3)16/h8-9,13,17H,5-7,10,16H2,1-4H3. The second-order valence-electron chi connectivity index (χ2n) is 5.04. The van der Waals surface area contributed by atoms with Crippen LogP contribution in [-0.4, -0.2) is 19.7 Å². The Balaban J connectivity index is 2.48. The molecule has 1 aromatic carbocycles. The molecule has 3 heteroatoms. The first kappa shape index (κ1) is 15.0. The van der Waals surface area contributed by atoms with E-state index < -0.39 is 0 Å². The van der Waals surface area contributed by atoms with Crippen molar-refractivity contribution in [2.24, 2.45) is 5.73 Å². The molecule has 102 valence electrons. The van der Waals surface area contributed by atoms with Gasteiger partial charge in [-0.3, -0.25) is 0 Å². The molecule has 0 bridgehead atoms. The molecule has 0 spiro atoms. The van der Waals surface area contributed by atoms with Gasteiger partial charge in [-0.1, -0.05) is 6.07 Å². The quantitative estimate of drug-likeness (QED) is 0.731. The Morgan fingerprint density at radius 1 is 1.28 bits per heavy atom. The average Bonchev–Trinajstić information content (AvgIpc) is 2.32. The molecule has 0 saturated carbocycles. The van der Waals surface area contributed by atoms with Crippen LogP contribution < -0.4 is 15.8 Å². The Morgan fingerprint density at radius 3 is 2.56 bits per heavy atom. The van der Waals surface area contributed by atoms with Gasteiger partial charge in [-0.15, -0.1) is 0 Å². The zero-order valence-corrected chi connectivity index (χ0v) is 12.0. The zero-order chi connectivity index (χ0) is 13.5. The molecule has 3 N–H and O–H groups in total. The third-order valence-electron chi connectivity index (χ3n) is 3.23. The minimum Gasteiger partial charge on any atom is -0.496 e. The Bertz CT molecular complexity index is 375. The summed E-state index contributed by atoms with van der Waals surface area (Å²) in [6.45, 7) is 8.14. The molecule has 18 heavy (non-hydrogen) atoms. The third-order valence-corrected chi connectivity index (χ3v) is 3.23. The number of hydrogen-bond donors (Lipinski definition) is 2. The minimum atomic E-state index is 0.294. The van der Waals surface area contributed by atoms with E-state index in [1.165, 1.54) is 16.7 Å². The molecule has 1 unspecified atom stereocenters. The van der Waals surface area contributed by atoms with E-state index in [1.807, 2.05) is 6.92 Å². The highest BCUT2D eigenvalue weighted by molar-refractivity contribution is 5.41. The Labute approximate surface area is 111 Å². The van der Waals surface area contributed by atoms with Crippen LogP contribution in [0.2, 0.25) is 0 Å². The van der Waals surface area contributed by atoms with E-state index >= 15 is 0 Å². The monoisotopic (exact) mass is 250 g/mol. The van der Waals surface area contributed by atoms with Gasteiger partial charge in [0.25, 0.3) is 0 Å². The molecule has 0 fully saturated rings. The summed E-state index contributed by atoms with van der Waals surface area (Å²) in [6, 6.07) is 4.60. The molecule has 0 aliphatic carbocycles. The average molecular weight is 250 g/mol. The second-order valence-corrected chi connectivity index (χ2v) is 5.04. The molecule has 0 aliphatic rings. The van der Waals surface area contributed by atoms with Gasteiger partial charge in [0.15, 0.2) is 0 Å². The van der Waals surface area contributed by atoms with Crippen molar-refractivity contribution in [3.8, 4) is 5.75 Å². The Morgan fingerprint density at radius 2 is 1.94 bits per heavy atom. The van der Waals surface area contributed by atoms with Crippen molar-refractivity contribution in [2.75, 3.05) is 13.7 Å². The maximum absolute atomic E-state index is 5.72. The number of ether oxygens (including phenoxy) is 1. The van der Waals surface area contributed by atoms with Crippen molar-refractivity contribution in [3.05, 3.63) is 28.8 Å². The van der Waals surface area contributed by atoms with Crippen LogP contribution in [0.4, 0.5) is 0 Å². The maximum atomic E-state index is 5.72. The van der Waals surface area contributed by atoms with Gasteiger partial charge < -0.3 is 15.8 Å². The van der Waals surface area contributed by atoms with E-state index in [1.54, 1.807) is 7.11 Å². The third kappa shape index (κ3) is 4.67. The van der Waals surface area contributed by atoms with Gasteiger partial charge in [0.05, 0.1) is 7.11 Å². The first-order chi connectivity index (χ1) is 8.54. The topological polar surface area (TPSA) is 47.3 Å². The predicted molar refractivity (Wildman–Crippen MR) is 77.1 cm³/mol. The van der Waals surface area contributed by atoms with Crippen molar-refractivity contribution in [1.29, 1.82) is 0 Å². The van der Waals surface area contributed by atoms with Gasteiger partial charge in [-0.05, 0) is 57.4 Å². The van der Waals surface area contributed by atoms with Crippen molar-refractivity contribution in [3.63, 3.8) is 0 Å². The molecule has 0 aliphatic heterocycles. The summed E-state index contributed by atoms with van der Waals surface area (Å²) in [5.41, 5.74) is 9.52. The molecule has 1 atom stereocenters. The van der Waals surface area contributed by atoms with E-state index in [9.17, 15) is 0 Å². The lowest BCUT2D eigenvalue weighted by atomic mass is 10.0. The summed E-state index contributed by atoms with van der Waals surface area (Å²) < 4.78 is 5.42. The van der Waals surface area contributed by atoms with Crippen LogP contribution in [0.1, 0.15) is 36.5 Å². The Hall–Kier alpha value is -1.06. The van der Waals surface area contributed by atoms with Crippen LogP contribution >= 0.6 is 0 Å². The summed E-state index contributed by atoms with van der Waals surface area (Å²) in [5.74, 6) is 0.970. The number of nitrogens with two attached hydrogens (primary N) is 1. The van der Waals surface area contributed by atoms with Gasteiger partial charge in [0.1, 0.15) is 5.75 Å². The van der Waals surface area contributed by atoms with Gasteiger partial charge in [0, 0.05) is 18.2 Å². The van der Waals surface area contributed by atoms with E-state index in [2.05, 4.69) is 31.3 Å². The molecule has 0 heterocycles. The SMILES string of the molecule is COc1cc(C)c(C)cc1CNCCCC(C)N. The van der Waals surface area contributed by atoms with Crippen LogP contribution in [0.25, 0.3) is 0 Å². The first-order valence-electron chi connectivity index (χ1n) is 6.65. The van der Waals surface area contributed by atoms with Gasteiger partial charge in [-0.25, -0.2) is 0 Å². The van der Waals surface area contributed by atoms with E-state index in [0.717, 1.165) is 31.7 Å². The number of hydrogen-bond acceptors (Lipinski definition) is 3. The van der Waals surface area contributed by atoms with Crippen molar-refractivity contribution in [1.82, 2.24) is 5.32 Å². The van der Waals surface area contributed by atoms with Crippen molar-refractivity contribution >= 4 is 0 Å². The van der Waals surface area contributed by atoms with Crippen LogP contribution in [-0.2, 0) is 6.54 Å². The van der Waals surface area contributed by atoms with E-state index in [0.29, 0.717) is 6.04 Å². The Kier molecular flexibility index (Phi) is 6.16. The normalized spacial score (nSPS) is 12.5. The molecular formula is C15H26N2O. The molecule has 1 rings (SSSR count). The fourth-order valence-electron chi connectivity index (χ4n) is 1.95. The van der Waals surface area contributed by atoms with Crippen LogP contribution in [0, 0.1) is 13.8 Å². The lowest BCUT2D eigenvalue weighted by molar-refractivity contribution is 0.407. The lowest BCUT2D eigenvalue weighted by Gasteiger charge is -2.13. The number of aryl methyl sites for hydroxylation is 2. The number of nitrogens with one attached hydrogen (secondary N) is 1. The largest absolute Gasteiger partial charge is 0.496 e. The van der Waals surface area contributed by atoms with Crippen molar-refractivity contribution in [2.45, 2.75) is 46.2 Å². The number of rotatable bonds is 7. The molecule has 0 radical (unpaired) electrons. The van der Waals surface area contributed by atoms with E-state index in [4.69, 9.17) is 10.5 Å². The highest BCUT2D eigenvalue weighted by Crippen LogP contribution is 2.22. The molecule has 0 aromatic heterocycles. The molecule has 0 amide bonds. The fourth-order valence-corrected chi connectivity index (χ4v) is 1.95. The summed E-state index contributed by atoms with van der Waals surface area (Å²) >= 11 is 0. The smallest absolute Gasteiger partial charge is 0.123 e. The summed E-state index contributed by atoms with van der Waals surface area (Å²) in [7, 11) is 1.73. The highest BCUT2D eigenvalue weighted by atomic mass is 16.5. The van der Waals surface area contributed by atoms with Gasteiger partial charge in [0.2, 0.25) is 0 Å².